The van der Waals surface area contributed by atoms with Crippen molar-refractivity contribution in [2.24, 2.45) is 11.7 Å². The Labute approximate surface area is 107 Å². The molecule has 0 atom stereocenters. The molecular formula is C14H17N3O. The lowest BCUT2D eigenvalue weighted by Crippen LogP contribution is -2.38. The van der Waals surface area contributed by atoms with Gasteiger partial charge in [-0.25, -0.2) is 0 Å². The Morgan fingerprint density at radius 3 is 2.67 bits per heavy atom. The van der Waals surface area contributed by atoms with Gasteiger partial charge in [-0.15, -0.1) is 0 Å². The molecule has 1 fully saturated rings. The van der Waals surface area contributed by atoms with E-state index >= 15 is 0 Å². The Kier molecular flexibility index (Phi) is 3.52. The van der Waals surface area contributed by atoms with E-state index in [-0.39, 0.29) is 11.8 Å². The second kappa shape index (κ2) is 5.09. The van der Waals surface area contributed by atoms with Gasteiger partial charge in [0.25, 0.3) is 0 Å². The summed E-state index contributed by atoms with van der Waals surface area (Å²) in [5.74, 6) is -0.226. The SMILES string of the molecule is Cc1ccc(N2CCC(C(N)=O)CC2)c(C#N)c1. The largest absolute Gasteiger partial charge is 0.370 e. The molecule has 1 saturated heterocycles. The molecule has 1 amide bonds. The summed E-state index contributed by atoms with van der Waals surface area (Å²) in [5, 5.41) is 9.16. The second-order valence-electron chi connectivity index (χ2n) is 4.80. The van der Waals surface area contributed by atoms with Crippen molar-refractivity contribution in [2.45, 2.75) is 19.8 Å². The molecule has 0 bridgehead atoms. The van der Waals surface area contributed by atoms with Crippen LogP contribution in [0.1, 0.15) is 24.0 Å². The van der Waals surface area contributed by atoms with Crippen molar-refractivity contribution in [1.29, 1.82) is 5.26 Å². The number of benzene rings is 1. The molecule has 1 aromatic rings. The van der Waals surface area contributed by atoms with Crippen molar-refractivity contribution in [2.75, 3.05) is 18.0 Å². The molecule has 0 saturated carbocycles. The number of nitrogens with two attached hydrogens (primary N) is 1. The van der Waals surface area contributed by atoms with Crippen LogP contribution in [0.3, 0.4) is 0 Å². The summed E-state index contributed by atoms with van der Waals surface area (Å²) in [7, 11) is 0. The lowest BCUT2D eigenvalue weighted by Gasteiger charge is -2.32. The quantitative estimate of drug-likeness (QED) is 0.857. The van der Waals surface area contributed by atoms with Gasteiger partial charge in [0.1, 0.15) is 6.07 Å². The molecule has 0 aliphatic carbocycles. The fourth-order valence-electron chi connectivity index (χ4n) is 2.42. The third-order valence-corrected chi connectivity index (χ3v) is 3.51. The number of hydrogen-bond acceptors (Lipinski definition) is 3. The third kappa shape index (κ3) is 2.45. The molecule has 2 N–H and O–H groups in total. The summed E-state index contributed by atoms with van der Waals surface area (Å²) >= 11 is 0. The van der Waals surface area contributed by atoms with E-state index in [1.807, 2.05) is 25.1 Å². The number of nitrogens with zero attached hydrogens (tertiary/aromatic N) is 2. The molecule has 0 aromatic heterocycles. The van der Waals surface area contributed by atoms with Crippen LogP contribution in [0.2, 0.25) is 0 Å². The van der Waals surface area contributed by atoms with E-state index in [1.54, 1.807) is 0 Å². The Hall–Kier alpha value is -2.02. The molecule has 4 heteroatoms. The summed E-state index contributed by atoms with van der Waals surface area (Å²) in [6.45, 7) is 3.54. The van der Waals surface area contributed by atoms with Gasteiger partial charge in [-0.05, 0) is 37.5 Å². The first-order valence-corrected chi connectivity index (χ1v) is 6.17. The van der Waals surface area contributed by atoms with Crippen molar-refractivity contribution in [1.82, 2.24) is 0 Å². The van der Waals surface area contributed by atoms with Crippen molar-refractivity contribution >= 4 is 11.6 Å². The van der Waals surface area contributed by atoms with Gasteiger partial charge in [0.05, 0.1) is 11.3 Å². The highest BCUT2D eigenvalue weighted by Gasteiger charge is 2.24. The number of aryl methyl sites for hydroxylation is 1. The zero-order chi connectivity index (χ0) is 13.1. The number of hydrogen-bond donors (Lipinski definition) is 1. The average molecular weight is 243 g/mol. The number of anilines is 1. The van der Waals surface area contributed by atoms with Gasteiger partial charge in [-0.3, -0.25) is 4.79 Å². The van der Waals surface area contributed by atoms with Crippen LogP contribution in [0.15, 0.2) is 18.2 Å². The lowest BCUT2D eigenvalue weighted by molar-refractivity contribution is -0.122. The molecule has 94 valence electrons. The highest BCUT2D eigenvalue weighted by atomic mass is 16.1. The van der Waals surface area contributed by atoms with Crippen LogP contribution in [0.5, 0.6) is 0 Å². The van der Waals surface area contributed by atoms with E-state index in [2.05, 4.69) is 11.0 Å². The minimum absolute atomic E-state index is 0.0164. The standard InChI is InChI=1S/C14H17N3O/c1-10-2-3-13(12(8-10)9-15)17-6-4-11(5-7-17)14(16)18/h2-3,8,11H,4-7H2,1H3,(H2,16,18). The minimum atomic E-state index is -0.209. The van der Waals surface area contributed by atoms with Crippen LogP contribution < -0.4 is 10.6 Å². The lowest BCUT2D eigenvalue weighted by atomic mass is 9.95. The predicted octanol–water partition coefficient (Wildman–Crippen LogP) is 1.57. The zero-order valence-electron chi connectivity index (χ0n) is 10.5. The van der Waals surface area contributed by atoms with E-state index in [1.165, 1.54) is 0 Å². The number of rotatable bonds is 2. The van der Waals surface area contributed by atoms with Gasteiger partial charge in [0, 0.05) is 19.0 Å². The topological polar surface area (TPSA) is 70.1 Å². The van der Waals surface area contributed by atoms with Gasteiger partial charge in [-0.1, -0.05) is 6.07 Å². The second-order valence-corrected chi connectivity index (χ2v) is 4.80. The van der Waals surface area contributed by atoms with E-state index < -0.39 is 0 Å². The Balaban J connectivity index is 2.15. The maximum Gasteiger partial charge on any atom is 0.220 e. The summed E-state index contributed by atoms with van der Waals surface area (Å²) in [5.41, 5.74) is 8.07. The number of carbonyl (C=O) groups is 1. The van der Waals surface area contributed by atoms with Crippen LogP contribution in [-0.2, 0) is 4.79 Å². The van der Waals surface area contributed by atoms with Crippen LogP contribution in [-0.4, -0.2) is 19.0 Å². The fourth-order valence-corrected chi connectivity index (χ4v) is 2.42. The minimum Gasteiger partial charge on any atom is -0.370 e. The molecular weight excluding hydrogens is 226 g/mol. The smallest absolute Gasteiger partial charge is 0.220 e. The molecule has 1 aliphatic heterocycles. The zero-order valence-corrected chi connectivity index (χ0v) is 10.5. The summed E-state index contributed by atoms with van der Waals surface area (Å²) in [4.78, 5) is 13.3. The Bertz CT molecular complexity index is 496. The number of amides is 1. The fraction of sp³-hybridized carbons (Fsp3) is 0.429. The van der Waals surface area contributed by atoms with Crippen LogP contribution in [0.25, 0.3) is 0 Å². The molecule has 2 rings (SSSR count). The van der Waals surface area contributed by atoms with Gasteiger partial charge in [0.2, 0.25) is 5.91 Å². The average Bonchev–Trinajstić information content (AvgIpc) is 2.38. The van der Waals surface area contributed by atoms with E-state index in [0.717, 1.165) is 37.2 Å². The Morgan fingerprint density at radius 2 is 2.11 bits per heavy atom. The highest BCUT2D eigenvalue weighted by Crippen LogP contribution is 2.26. The molecule has 0 spiro atoms. The van der Waals surface area contributed by atoms with Crippen molar-refractivity contribution < 1.29 is 4.79 Å². The van der Waals surface area contributed by atoms with Crippen LogP contribution in [0.4, 0.5) is 5.69 Å². The first-order chi connectivity index (χ1) is 8.61. The molecule has 4 nitrogen and oxygen atoms in total. The maximum atomic E-state index is 11.1. The molecule has 1 aliphatic rings. The van der Waals surface area contributed by atoms with Crippen molar-refractivity contribution in [3.05, 3.63) is 29.3 Å². The van der Waals surface area contributed by atoms with Gasteiger partial charge < -0.3 is 10.6 Å². The van der Waals surface area contributed by atoms with Crippen molar-refractivity contribution in [3.8, 4) is 6.07 Å². The molecule has 1 aromatic carbocycles. The first kappa shape index (κ1) is 12.4. The van der Waals surface area contributed by atoms with Crippen molar-refractivity contribution in [3.63, 3.8) is 0 Å². The normalized spacial score (nSPS) is 16.3. The molecule has 1 heterocycles. The van der Waals surface area contributed by atoms with Crippen LogP contribution in [0, 0.1) is 24.2 Å². The molecule has 18 heavy (non-hydrogen) atoms. The molecule has 0 radical (unpaired) electrons. The monoisotopic (exact) mass is 243 g/mol. The van der Waals surface area contributed by atoms with Gasteiger partial charge in [-0.2, -0.15) is 5.26 Å². The van der Waals surface area contributed by atoms with E-state index in [0.29, 0.717) is 5.56 Å². The summed E-state index contributed by atoms with van der Waals surface area (Å²) in [6, 6.07) is 8.13. The maximum absolute atomic E-state index is 11.1. The van der Waals surface area contributed by atoms with Gasteiger partial charge >= 0.3 is 0 Å². The summed E-state index contributed by atoms with van der Waals surface area (Å²) < 4.78 is 0. The highest BCUT2D eigenvalue weighted by molar-refractivity contribution is 5.77. The number of primary amides is 1. The number of nitriles is 1. The van der Waals surface area contributed by atoms with Gasteiger partial charge in [0.15, 0.2) is 0 Å². The first-order valence-electron chi connectivity index (χ1n) is 6.17. The van der Waals surface area contributed by atoms with E-state index in [9.17, 15) is 4.79 Å². The Morgan fingerprint density at radius 1 is 1.44 bits per heavy atom. The predicted molar refractivity (Wildman–Crippen MR) is 70.0 cm³/mol. The number of carbonyl (C=O) groups excluding carboxylic acids is 1. The number of piperidine rings is 1. The summed E-state index contributed by atoms with van der Waals surface area (Å²) in [6.07, 6.45) is 1.54. The molecule has 0 unspecified atom stereocenters. The van der Waals surface area contributed by atoms with E-state index in [4.69, 9.17) is 11.0 Å². The van der Waals surface area contributed by atoms with Crippen LogP contribution >= 0.6 is 0 Å². The third-order valence-electron chi connectivity index (χ3n) is 3.51.